The normalized spacial score (nSPS) is 11.5. The highest BCUT2D eigenvalue weighted by atomic mass is 32.2. The third kappa shape index (κ3) is 4.24. The number of hydrogen-bond acceptors (Lipinski definition) is 4. The van der Waals surface area contributed by atoms with Gasteiger partial charge in [-0.2, -0.15) is 0 Å². The van der Waals surface area contributed by atoms with Crippen molar-refractivity contribution < 1.29 is 13.2 Å². The summed E-state index contributed by atoms with van der Waals surface area (Å²) in [6.07, 6.45) is 2.14. The second-order valence-electron chi connectivity index (χ2n) is 4.57. The minimum Gasteiger partial charge on any atom is -0.323 e. The monoisotopic (exact) mass is 307 g/mol. The van der Waals surface area contributed by atoms with Crippen LogP contribution < -0.4 is 10.0 Å². The summed E-state index contributed by atoms with van der Waals surface area (Å²) in [4.78, 5) is 16.1. The van der Waals surface area contributed by atoms with Crippen LogP contribution in [0.2, 0.25) is 0 Å². The van der Waals surface area contributed by atoms with Crippen molar-refractivity contribution in [1.82, 2.24) is 9.71 Å². The summed E-state index contributed by atoms with van der Waals surface area (Å²) in [5.41, 5.74) is 1.23. The van der Waals surface area contributed by atoms with Crippen molar-refractivity contribution in [3.63, 3.8) is 0 Å². The fraction of sp³-hybridized carbons (Fsp3) is 0.286. The number of hydrogen-bond donors (Lipinski definition) is 2. The summed E-state index contributed by atoms with van der Waals surface area (Å²) in [6, 6.07) is 9.13. The number of carbonyl (C=O) groups is 1. The molecule has 6 nitrogen and oxygen atoms in total. The number of benzene rings is 1. The van der Waals surface area contributed by atoms with Gasteiger partial charge in [0.1, 0.15) is 0 Å². The van der Waals surface area contributed by atoms with Gasteiger partial charge in [-0.25, -0.2) is 13.1 Å². The van der Waals surface area contributed by atoms with Crippen molar-refractivity contribution in [3.05, 3.63) is 36.5 Å². The topological polar surface area (TPSA) is 88.2 Å². The van der Waals surface area contributed by atoms with E-state index in [4.69, 9.17) is 0 Å². The van der Waals surface area contributed by atoms with Gasteiger partial charge in [0.15, 0.2) is 0 Å². The fourth-order valence-electron chi connectivity index (χ4n) is 1.92. The molecule has 2 rings (SSSR count). The minimum atomic E-state index is -3.39. The molecular formula is C14H17N3O3S. The average Bonchev–Trinajstić information content (AvgIpc) is 2.46. The molecule has 112 valence electrons. The van der Waals surface area contributed by atoms with Gasteiger partial charge < -0.3 is 5.32 Å². The average molecular weight is 307 g/mol. The number of nitrogens with one attached hydrogen (secondary N) is 2. The fourth-order valence-corrected chi connectivity index (χ4v) is 2.95. The minimum absolute atomic E-state index is 0.0100. The molecule has 0 atom stereocenters. The molecule has 7 heteroatoms. The zero-order chi connectivity index (χ0) is 15.3. The first kappa shape index (κ1) is 15.4. The third-order valence-electron chi connectivity index (χ3n) is 2.83. The van der Waals surface area contributed by atoms with Crippen molar-refractivity contribution in [2.45, 2.75) is 13.3 Å². The first-order chi connectivity index (χ1) is 10.0. The molecule has 1 heterocycles. The lowest BCUT2D eigenvalue weighted by atomic mass is 10.2. The molecule has 1 aromatic carbocycles. The van der Waals surface area contributed by atoms with E-state index >= 15 is 0 Å². The maximum atomic E-state index is 11.8. The Hall–Kier alpha value is -1.99. The molecule has 0 unspecified atom stereocenters. The van der Waals surface area contributed by atoms with Crippen LogP contribution in [0.1, 0.15) is 13.3 Å². The second kappa shape index (κ2) is 6.64. The highest BCUT2D eigenvalue weighted by molar-refractivity contribution is 7.89. The summed E-state index contributed by atoms with van der Waals surface area (Å²) < 4.78 is 25.3. The van der Waals surface area contributed by atoms with E-state index in [1.807, 2.05) is 18.2 Å². The van der Waals surface area contributed by atoms with Gasteiger partial charge in [0.2, 0.25) is 15.9 Å². The first-order valence-electron chi connectivity index (χ1n) is 6.63. The molecule has 1 aromatic heterocycles. The number of carbonyl (C=O) groups excluding carboxylic acids is 1. The van der Waals surface area contributed by atoms with E-state index in [1.165, 1.54) is 0 Å². The lowest BCUT2D eigenvalue weighted by Crippen LogP contribution is -2.34. The molecule has 21 heavy (non-hydrogen) atoms. The van der Waals surface area contributed by atoms with Gasteiger partial charge in [0.25, 0.3) is 0 Å². The summed E-state index contributed by atoms with van der Waals surface area (Å²) in [7, 11) is -3.39. The SMILES string of the molecule is CCCS(=O)(=O)NCC(=O)Nc1cccc2cccnc12. The Morgan fingerprint density at radius 1 is 1.24 bits per heavy atom. The highest BCUT2D eigenvalue weighted by Gasteiger charge is 2.12. The molecule has 0 saturated carbocycles. The van der Waals surface area contributed by atoms with Gasteiger partial charge in [0.05, 0.1) is 23.5 Å². The molecule has 0 bridgehead atoms. The number of nitrogens with zero attached hydrogens (tertiary/aromatic N) is 1. The van der Waals surface area contributed by atoms with E-state index in [2.05, 4.69) is 15.0 Å². The molecular weight excluding hydrogens is 290 g/mol. The number of para-hydroxylation sites is 1. The van der Waals surface area contributed by atoms with Crippen LogP contribution in [-0.2, 0) is 14.8 Å². The number of amides is 1. The molecule has 0 aliphatic carbocycles. The lowest BCUT2D eigenvalue weighted by molar-refractivity contribution is -0.115. The van der Waals surface area contributed by atoms with Crippen LogP contribution in [0.3, 0.4) is 0 Å². The van der Waals surface area contributed by atoms with Gasteiger partial charge >= 0.3 is 0 Å². The van der Waals surface area contributed by atoms with Crippen LogP contribution in [0, 0.1) is 0 Å². The zero-order valence-corrected chi connectivity index (χ0v) is 12.5. The van der Waals surface area contributed by atoms with Gasteiger partial charge in [-0.1, -0.05) is 25.1 Å². The zero-order valence-electron chi connectivity index (χ0n) is 11.7. The largest absolute Gasteiger partial charge is 0.323 e. The molecule has 0 aliphatic heterocycles. The molecule has 0 spiro atoms. The van der Waals surface area contributed by atoms with Crippen molar-refractivity contribution in [1.29, 1.82) is 0 Å². The van der Waals surface area contributed by atoms with E-state index in [0.717, 1.165) is 5.39 Å². The Balaban J connectivity index is 2.05. The Morgan fingerprint density at radius 2 is 2.00 bits per heavy atom. The van der Waals surface area contributed by atoms with Gasteiger partial charge in [-0.15, -0.1) is 0 Å². The molecule has 0 saturated heterocycles. The van der Waals surface area contributed by atoms with E-state index in [-0.39, 0.29) is 12.3 Å². The third-order valence-corrected chi connectivity index (χ3v) is 4.36. The molecule has 2 aromatic rings. The number of pyridine rings is 1. The van der Waals surface area contributed by atoms with Crippen molar-refractivity contribution >= 4 is 32.5 Å². The molecule has 2 N–H and O–H groups in total. The van der Waals surface area contributed by atoms with E-state index in [1.54, 1.807) is 25.3 Å². The number of aromatic nitrogens is 1. The van der Waals surface area contributed by atoms with Crippen LogP contribution in [0.15, 0.2) is 36.5 Å². The summed E-state index contributed by atoms with van der Waals surface area (Å²) in [5, 5.41) is 3.58. The Kier molecular flexibility index (Phi) is 4.87. The lowest BCUT2D eigenvalue weighted by Gasteiger charge is -2.09. The predicted octanol–water partition coefficient (Wildman–Crippen LogP) is 1.50. The predicted molar refractivity (Wildman–Crippen MR) is 82.5 cm³/mol. The van der Waals surface area contributed by atoms with Crippen LogP contribution in [-0.4, -0.2) is 31.6 Å². The molecule has 0 fully saturated rings. The van der Waals surface area contributed by atoms with E-state index in [0.29, 0.717) is 17.6 Å². The van der Waals surface area contributed by atoms with Crippen LogP contribution in [0.4, 0.5) is 5.69 Å². The smallest absolute Gasteiger partial charge is 0.239 e. The van der Waals surface area contributed by atoms with Crippen molar-refractivity contribution in [3.8, 4) is 0 Å². The van der Waals surface area contributed by atoms with Crippen LogP contribution in [0.25, 0.3) is 10.9 Å². The molecule has 0 aliphatic rings. The standard InChI is InChI=1S/C14H17N3O3S/c1-2-9-21(19,20)16-10-13(18)17-12-7-3-5-11-6-4-8-15-14(11)12/h3-8,16H,2,9-10H2,1H3,(H,17,18). The number of sulfonamides is 1. The number of fused-ring (bicyclic) bond motifs is 1. The maximum absolute atomic E-state index is 11.8. The highest BCUT2D eigenvalue weighted by Crippen LogP contribution is 2.20. The van der Waals surface area contributed by atoms with Crippen molar-refractivity contribution in [2.24, 2.45) is 0 Å². The number of anilines is 1. The number of rotatable bonds is 6. The van der Waals surface area contributed by atoms with Crippen LogP contribution >= 0.6 is 0 Å². The Bertz CT molecular complexity index is 739. The van der Waals surface area contributed by atoms with E-state index < -0.39 is 15.9 Å². The van der Waals surface area contributed by atoms with Gasteiger partial charge in [-0.05, 0) is 18.6 Å². The summed E-state index contributed by atoms with van der Waals surface area (Å²) in [6.45, 7) is 1.48. The molecule has 1 amide bonds. The van der Waals surface area contributed by atoms with Crippen LogP contribution in [0.5, 0.6) is 0 Å². The quantitative estimate of drug-likeness (QED) is 0.846. The first-order valence-corrected chi connectivity index (χ1v) is 8.28. The summed E-state index contributed by atoms with van der Waals surface area (Å²) >= 11 is 0. The summed E-state index contributed by atoms with van der Waals surface area (Å²) in [5.74, 6) is -0.413. The van der Waals surface area contributed by atoms with Gasteiger partial charge in [0, 0.05) is 11.6 Å². The molecule has 0 radical (unpaired) electrons. The Labute approximate surface area is 123 Å². The second-order valence-corrected chi connectivity index (χ2v) is 6.50. The van der Waals surface area contributed by atoms with Gasteiger partial charge in [-0.3, -0.25) is 9.78 Å². The Morgan fingerprint density at radius 3 is 2.76 bits per heavy atom. The maximum Gasteiger partial charge on any atom is 0.239 e. The van der Waals surface area contributed by atoms with E-state index in [9.17, 15) is 13.2 Å². The van der Waals surface area contributed by atoms with Crippen molar-refractivity contribution in [2.75, 3.05) is 17.6 Å².